The van der Waals surface area contributed by atoms with Gasteiger partial charge in [0.15, 0.2) is 0 Å². The first-order valence-corrected chi connectivity index (χ1v) is 6.53. The molecule has 0 unspecified atom stereocenters. The molecule has 18 heavy (non-hydrogen) atoms. The average molecular weight is 266 g/mol. The molecule has 2 rings (SSSR count). The largest absolute Gasteiger partial charge is 0.332 e. The van der Waals surface area contributed by atoms with Crippen molar-refractivity contribution in [3.63, 3.8) is 0 Å². The van der Waals surface area contributed by atoms with Crippen molar-refractivity contribution < 1.29 is 4.79 Å². The summed E-state index contributed by atoms with van der Waals surface area (Å²) in [5.74, 6) is -0.112. The minimum absolute atomic E-state index is 0.000926. The number of carbonyl (C=O) groups excluding carboxylic acids is 1. The Hall–Kier alpha value is -1.69. The van der Waals surface area contributed by atoms with Crippen molar-refractivity contribution >= 4 is 27.3 Å². The molecule has 0 aromatic carbocycles. The number of nitrogens with zero attached hydrogens (tertiary/aromatic N) is 2. The number of fused-ring (bicyclic) bond motifs is 1. The minimum atomic E-state index is -0.420. The van der Waals surface area contributed by atoms with Crippen molar-refractivity contribution in [1.82, 2.24) is 9.13 Å². The predicted molar refractivity (Wildman–Crippen MR) is 71.4 cm³/mol. The van der Waals surface area contributed by atoms with Crippen molar-refractivity contribution in [3.8, 4) is 0 Å². The van der Waals surface area contributed by atoms with Gasteiger partial charge in [0, 0.05) is 6.04 Å². The number of hydrogen-bond donors (Lipinski definition) is 0. The van der Waals surface area contributed by atoms with Crippen LogP contribution in [0.2, 0.25) is 0 Å². The highest BCUT2D eigenvalue weighted by Gasteiger charge is 2.16. The number of aromatic nitrogens is 2. The van der Waals surface area contributed by atoms with Gasteiger partial charge in [0.1, 0.15) is 10.5 Å². The highest BCUT2D eigenvalue weighted by atomic mass is 32.1. The third-order valence-electron chi connectivity index (χ3n) is 2.68. The summed E-state index contributed by atoms with van der Waals surface area (Å²) in [6, 6.07) is 1.48. The normalized spacial score (nSPS) is 11.3. The molecule has 0 aliphatic carbocycles. The van der Waals surface area contributed by atoms with Gasteiger partial charge in [0.2, 0.25) is 0 Å². The van der Waals surface area contributed by atoms with E-state index in [4.69, 9.17) is 0 Å². The molecule has 0 aliphatic rings. The Bertz CT molecular complexity index is 721. The molecule has 2 aromatic heterocycles. The van der Waals surface area contributed by atoms with Crippen LogP contribution in [0.15, 0.2) is 21.0 Å². The van der Waals surface area contributed by atoms with Crippen LogP contribution in [0.1, 0.15) is 26.8 Å². The topological polar surface area (TPSA) is 61.1 Å². The van der Waals surface area contributed by atoms with Crippen LogP contribution in [0, 0.1) is 0 Å². The second-order valence-corrected chi connectivity index (χ2v) is 5.39. The molecule has 96 valence electrons. The Balaban J connectivity index is 2.91. The summed E-state index contributed by atoms with van der Waals surface area (Å²) >= 11 is 1.29. The van der Waals surface area contributed by atoms with Crippen molar-refractivity contribution in [2.45, 2.75) is 33.4 Å². The molecule has 0 bridgehead atoms. The molecule has 2 heterocycles. The quantitative estimate of drug-likeness (QED) is 0.843. The number of carbonyl (C=O) groups is 1. The lowest BCUT2D eigenvalue weighted by Crippen LogP contribution is -2.41. The summed E-state index contributed by atoms with van der Waals surface area (Å²) in [6.07, 6.45) is 0. The third kappa shape index (κ3) is 1.92. The zero-order chi connectivity index (χ0) is 13.4. The van der Waals surface area contributed by atoms with E-state index in [-0.39, 0.29) is 23.9 Å². The fourth-order valence-corrected chi connectivity index (χ4v) is 2.77. The molecule has 0 N–H and O–H groups in total. The van der Waals surface area contributed by atoms with Crippen molar-refractivity contribution in [2.75, 3.05) is 0 Å². The van der Waals surface area contributed by atoms with Crippen LogP contribution in [0.4, 0.5) is 0 Å². The molecule has 6 heteroatoms. The number of rotatable bonds is 3. The lowest BCUT2D eigenvalue weighted by molar-refractivity contribution is -0.117. The van der Waals surface area contributed by atoms with E-state index in [1.54, 1.807) is 25.3 Å². The summed E-state index contributed by atoms with van der Waals surface area (Å²) in [5.41, 5.74) is -0.155. The van der Waals surface area contributed by atoms with E-state index in [2.05, 4.69) is 0 Å². The van der Waals surface area contributed by atoms with Crippen LogP contribution in [0.25, 0.3) is 10.2 Å². The first-order chi connectivity index (χ1) is 8.43. The molecule has 0 saturated heterocycles. The molecule has 0 spiro atoms. The van der Waals surface area contributed by atoms with E-state index < -0.39 is 5.69 Å². The second kappa shape index (κ2) is 4.53. The van der Waals surface area contributed by atoms with Gasteiger partial charge in [-0.1, -0.05) is 0 Å². The number of ketones is 1. The summed E-state index contributed by atoms with van der Waals surface area (Å²) in [6.45, 7) is 4.98. The number of hydrogen-bond acceptors (Lipinski definition) is 4. The van der Waals surface area contributed by atoms with Gasteiger partial charge in [-0.2, -0.15) is 0 Å². The van der Waals surface area contributed by atoms with Gasteiger partial charge >= 0.3 is 5.69 Å². The highest BCUT2D eigenvalue weighted by Crippen LogP contribution is 2.16. The van der Waals surface area contributed by atoms with Crippen LogP contribution >= 0.6 is 11.3 Å². The predicted octanol–water partition coefficient (Wildman–Crippen LogP) is 1.39. The Kier molecular flexibility index (Phi) is 3.21. The summed E-state index contributed by atoms with van der Waals surface area (Å²) in [5, 5.41) is 1.76. The molecular formula is C12H14N2O3S. The zero-order valence-electron chi connectivity index (χ0n) is 10.5. The molecule has 0 aliphatic heterocycles. The summed E-state index contributed by atoms with van der Waals surface area (Å²) in [4.78, 5) is 35.7. The van der Waals surface area contributed by atoms with Crippen molar-refractivity contribution in [3.05, 3.63) is 32.3 Å². The van der Waals surface area contributed by atoms with Gasteiger partial charge in [-0.3, -0.25) is 18.7 Å². The number of Topliss-reactive ketones (excluding diaryl/α,β-unsaturated/α-hetero) is 1. The second-order valence-electron chi connectivity index (χ2n) is 4.47. The molecule has 0 atom stereocenters. The Labute approximate surface area is 107 Å². The summed E-state index contributed by atoms with van der Waals surface area (Å²) in [7, 11) is 0. The van der Waals surface area contributed by atoms with Crippen LogP contribution in [-0.2, 0) is 11.3 Å². The van der Waals surface area contributed by atoms with Crippen molar-refractivity contribution in [1.29, 1.82) is 0 Å². The van der Waals surface area contributed by atoms with E-state index in [1.807, 2.05) is 0 Å². The molecular weight excluding hydrogens is 252 g/mol. The highest BCUT2D eigenvalue weighted by molar-refractivity contribution is 7.17. The smallest absolute Gasteiger partial charge is 0.298 e. The van der Waals surface area contributed by atoms with Crippen LogP contribution in [0.3, 0.4) is 0 Å². The first kappa shape index (κ1) is 12.8. The Morgan fingerprint density at radius 3 is 2.61 bits per heavy atom. The molecule has 0 amide bonds. The maximum Gasteiger partial charge on any atom is 0.332 e. The van der Waals surface area contributed by atoms with E-state index in [9.17, 15) is 14.4 Å². The fraction of sp³-hybridized carbons (Fsp3) is 0.417. The van der Waals surface area contributed by atoms with Crippen molar-refractivity contribution in [2.24, 2.45) is 0 Å². The van der Waals surface area contributed by atoms with Gasteiger partial charge in [-0.15, -0.1) is 11.3 Å². The van der Waals surface area contributed by atoms with E-state index in [0.29, 0.717) is 10.2 Å². The molecule has 0 fully saturated rings. The van der Waals surface area contributed by atoms with Crippen LogP contribution < -0.4 is 11.2 Å². The molecule has 5 nitrogen and oxygen atoms in total. The van der Waals surface area contributed by atoms with Gasteiger partial charge in [0.25, 0.3) is 5.56 Å². The molecule has 0 radical (unpaired) electrons. The molecule has 2 aromatic rings. The SMILES string of the molecule is CC(=O)Cn1c(=O)n(C(C)C)c(=O)c2sccc21. The third-order valence-corrected chi connectivity index (χ3v) is 3.57. The first-order valence-electron chi connectivity index (χ1n) is 5.65. The Morgan fingerprint density at radius 2 is 2.06 bits per heavy atom. The zero-order valence-corrected chi connectivity index (χ0v) is 11.3. The standard InChI is InChI=1S/C12H14N2O3S/c1-7(2)14-11(16)10-9(4-5-18-10)13(12(14)17)6-8(3)15/h4-5,7H,6H2,1-3H3. The average Bonchev–Trinajstić information content (AvgIpc) is 2.72. The van der Waals surface area contributed by atoms with Gasteiger partial charge in [0.05, 0.1) is 12.1 Å². The number of thiophene rings is 1. The monoisotopic (exact) mass is 266 g/mol. The van der Waals surface area contributed by atoms with E-state index >= 15 is 0 Å². The maximum atomic E-state index is 12.3. The fourth-order valence-electron chi connectivity index (χ4n) is 1.94. The van der Waals surface area contributed by atoms with Gasteiger partial charge in [-0.25, -0.2) is 4.79 Å². The lowest BCUT2D eigenvalue weighted by atomic mass is 10.3. The van der Waals surface area contributed by atoms with Gasteiger partial charge in [-0.05, 0) is 32.2 Å². The maximum absolute atomic E-state index is 12.3. The van der Waals surface area contributed by atoms with Crippen LogP contribution in [0.5, 0.6) is 0 Å². The Morgan fingerprint density at radius 1 is 1.39 bits per heavy atom. The van der Waals surface area contributed by atoms with Gasteiger partial charge < -0.3 is 0 Å². The van der Waals surface area contributed by atoms with Crippen LogP contribution in [-0.4, -0.2) is 14.9 Å². The summed E-state index contributed by atoms with van der Waals surface area (Å²) < 4.78 is 3.08. The molecule has 0 saturated carbocycles. The van der Waals surface area contributed by atoms with E-state index in [1.165, 1.54) is 27.4 Å². The lowest BCUT2D eigenvalue weighted by Gasteiger charge is -2.13. The minimum Gasteiger partial charge on any atom is -0.298 e. The van der Waals surface area contributed by atoms with E-state index in [0.717, 1.165) is 0 Å².